The Morgan fingerprint density at radius 3 is 2.19 bits per heavy atom. The Hall–Kier alpha value is -1.21. The number of nitrogens with zero attached hydrogens (tertiary/aromatic N) is 1. The van der Waals surface area contributed by atoms with Gasteiger partial charge < -0.3 is 4.74 Å². The lowest BCUT2D eigenvalue weighted by Gasteiger charge is -2.46. The van der Waals surface area contributed by atoms with Crippen molar-refractivity contribution in [2.45, 2.75) is 41.7 Å². The van der Waals surface area contributed by atoms with E-state index in [9.17, 15) is 8.42 Å². The highest BCUT2D eigenvalue weighted by molar-refractivity contribution is 9.09. The van der Waals surface area contributed by atoms with Crippen LogP contribution < -0.4 is 0 Å². The van der Waals surface area contributed by atoms with Gasteiger partial charge in [-0.05, 0) is 38.0 Å². The zero-order chi connectivity index (χ0) is 18.8. The van der Waals surface area contributed by atoms with Crippen LogP contribution in [0.1, 0.15) is 25.8 Å². The first-order valence-corrected chi connectivity index (χ1v) is 11.1. The number of sulfonamides is 1. The predicted molar refractivity (Wildman–Crippen MR) is 107 cm³/mol. The van der Waals surface area contributed by atoms with Crippen molar-refractivity contribution in [1.82, 2.24) is 4.31 Å². The largest absolute Gasteiger partial charge is 0.366 e. The van der Waals surface area contributed by atoms with Gasteiger partial charge in [-0.3, -0.25) is 0 Å². The minimum atomic E-state index is -3.51. The summed E-state index contributed by atoms with van der Waals surface area (Å²) >= 11 is 3.75. The van der Waals surface area contributed by atoms with Gasteiger partial charge >= 0.3 is 0 Å². The lowest BCUT2D eigenvalue weighted by molar-refractivity contribution is -0.105. The molecule has 0 unspecified atom stereocenters. The molecule has 4 nitrogen and oxygen atoms in total. The SMILES string of the molecule is CC(C)O[C@@]1(c2ccccc2)CCN(S(=O)(=O)c2ccccc2)C[C@@H]1Br. The molecule has 0 aliphatic carbocycles. The van der Waals surface area contributed by atoms with E-state index in [1.54, 1.807) is 28.6 Å². The summed E-state index contributed by atoms with van der Waals surface area (Å²) in [5, 5.41) is 0. The average molecular weight is 438 g/mol. The quantitative estimate of drug-likeness (QED) is 0.659. The van der Waals surface area contributed by atoms with E-state index in [1.807, 2.05) is 38.1 Å². The maximum atomic E-state index is 13.0. The third kappa shape index (κ3) is 3.74. The summed E-state index contributed by atoms with van der Waals surface area (Å²) < 4.78 is 33.9. The molecule has 140 valence electrons. The molecule has 0 radical (unpaired) electrons. The molecule has 0 spiro atoms. The topological polar surface area (TPSA) is 46.6 Å². The van der Waals surface area contributed by atoms with Crippen LogP contribution in [-0.4, -0.2) is 36.7 Å². The molecular formula is C20H24BrNO3S. The molecule has 2 atom stereocenters. The fourth-order valence-electron chi connectivity index (χ4n) is 3.49. The second-order valence-corrected chi connectivity index (χ2v) is 9.86. The Balaban J connectivity index is 1.91. The van der Waals surface area contributed by atoms with Crippen molar-refractivity contribution >= 4 is 26.0 Å². The second-order valence-electron chi connectivity index (χ2n) is 6.82. The summed E-state index contributed by atoms with van der Waals surface area (Å²) in [5.74, 6) is 0. The number of piperidine rings is 1. The number of hydrogen-bond acceptors (Lipinski definition) is 3. The fourth-order valence-corrected chi connectivity index (χ4v) is 6.11. The van der Waals surface area contributed by atoms with Gasteiger partial charge in [0.2, 0.25) is 10.0 Å². The summed E-state index contributed by atoms with van der Waals surface area (Å²) in [6.45, 7) is 4.80. The van der Waals surface area contributed by atoms with E-state index in [1.165, 1.54) is 0 Å². The summed E-state index contributed by atoms with van der Waals surface area (Å²) in [5.41, 5.74) is 0.533. The van der Waals surface area contributed by atoms with E-state index in [0.29, 0.717) is 24.4 Å². The zero-order valence-corrected chi connectivity index (χ0v) is 17.4. The Bertz CT molecular complexity index is 827. The molecule has 0 amide bonds. The molecule has 1 saturated heterocycles. The standard InChI is InChI=1S/C20H24BrNO3S/c1-16(2)25-20(17-9-5-3-6-10-17)13-14-22(15-19(20)21)26(23,24)18-11-7-4-8-12-18/h3-12,16,19H,13-15H2,1-2H3/t19-,20+/m0/s1. The molecule has 0 saturated carbocycles. The van der Waals surface area contributed by atoms with Gasteiger partial charge in [0.05, 0.1) is 15.8 Å². The summed E-state index contributed by atoms with van der Waals surface area (Å²) in [4.78, 5) is 0.184. The number of alkyl halides is 1. The molecular weight excluding hydrogens is 414 g/mol. The summed E-state index contributed by atoms with van der Waals surface area (Å²) in [6.07, 6.45) is 0.629. The highest BCUT2D eigenvalue weighted by Crippen LogP contribution is 2.42. The highest BCUT2D eigenvalue weighted by Gasteiger charge is 2.47. The van der Waals surface area contributed by atoms with Gasteiger partial charge in [-0.2, -0.15) is 4.31 Å². The normalized spacial score (nSPS) is 24.7. The van der Waals surface area contributed by atoms with E-state index in [2.05, 4.69) is 28.1 Å². The van der Waals surface area contributed by atoms with Gasteiger partial charge in [-0.25, -0.2) is 8.42 Å². The molecule has 0 aromatic heterocycles. The number of benzene rings is 2. The first-order valence-electron chi connectivity index (χ1n) is 8.79. The maximum Gasteiger partial charge on any atom is 0.243 e. The van der Waals surface area contributed by atoms with E-state index < -0.39 is 15.6 Å². The van der Waals surface area contributed by atoms with Crippen molar-refractivity contribution in [3.05, 3.63) is 66.2 Å². The van der Waals surface area contributed by atoms with Crippen LogP contribution in [0.4, 0.5) is 0 Å². The maximum absolute atomic E-state index is 13.0. The molecule has 1 heterocycles. The van der Waals surface area contributed by atoms with Gasteiger partial charge in [-0.1, -0.05) is 64.5 Å². The average Bonchev–Trinajstić information content (AvgIpc) is 2.64. The van der Waals surface area contributed by atoms with Crippen LogP contribution in [-0.2, 0) is 20.4 Å². The molecule has 2 aromatic carbocycles. The minimum absolute atomic E-state index is 0.0348. The van der Waals surface area contributed by atoms with Gasteiger partial charge in [-0.15, -0.1) is 0 Å². The van der Waals surface area contributed by atoms with Crippen LogP contribution in [0.5, 0.6) is 0 Å². The molecule has 1 fully saturated rings. The van der Waals surface area contributed by atoms with Gasteiger partial charge in [0.15, 0.2) is 0 Å². The van der Waals surface area contributed by atoms with Gasteiger partial charge in [0, 0.05) is 13.1 Å². The van der Waals surface area contributed by atoms with E-state index in [-0.39, 0.29) is 10.9 Å². The van der Waals surface area contributed by atoms with Crippen LogP contribution in [0.3, 0.4) is 0 Å². The monoisotopic (exact) mass is 437 g/mol. The second kappa shape index (κ2) is 7.80. The molecule has 1 aliphatic rings. The van der Waals surface area contributed by atoms with Gasteiger partial charge in [0.1, 0.15) is 5.60 Å². The molecule has 6 heteroatoms. The zero-order valence-electron chi connectivity index (χ0n) is 15.0. The summed E-state index contributed by atoms with van der Waals surface area (Å²) in [7, 11) is -3.51. The first kappa shape index (κ1) is 19.5. The van der Waals surface area contributed by atoms with Crippen LogP contribution in [0, 0.1) is 0 Å². The van der Waals surface area contributed by atoms with Crippen LogP contribution >= 0.6 is 15.9 Å². The summed E-state index contributed by atoms with van der Waals surface area (Å²) in [6, 6.07) is 18.7. The smallest absolute Gasteiger partial charge is 0.243 e. The number of hydrogen-bond donors (Lipinski definition) is 0. The third-order valence-corrected chi connectivity index (χ3v) is 7.60. The number of halogens is 1. The molecule has 0 bridgehead atoms. The van der Waals surface area contributed by atoms with Crippen LogP contribution in [0.25, 0.3) is 0 Å². The van der Waals surface area contributed by atoms with Crippen molar-refractivity contribution in [2.75, 3.05) is 13.1 Å². The van der Waals surface area contributed by atoms with Gasteiger partial charge in [0.25, 0.3) is 0 Å². The minimum Gasteiger partial charge on any atom is -0.366 e. The molecule has 1 aliphatic heterocycles. The van der Waals surface area contributed by atoms with Crippen LogP contribution in [0.2, 0.25) is 0 Å². The van der Waals surface area contributed by atoms with Crippen LogP contribution in [0.15, 0.2) is 65.6 Å². The molecule has 26 heavy (non-hydrogen) atoms. The van der Waals surface area contributed by atoms with Crippen molar-refractivity contribution in [3.63, 3.8) is 0 Å². The fraction of sp³-hybridized carbons (Fsp3) is 0.400. The third-order valence-electron chi connectivity index (χ3n) is 4.69. The Labute approximate surface area is 164 Å². The van der Waals surface area contributed by atoms with Crippen molar-refractivity contribution in [1.29, 1.82) is 0 Å². The van der Waals surface area contributed by atoms with E-state index >= 15 is 0 Å². The lowest BCUT2D eigenvalue weighted by Crippen LogP contribution is -2.54. The van der Waals surface area contributed by atoms with E-state index in [4.69, 9.17) is 4.74 Å². The Morgan fingerprint density at radius 2 is 1.65 bits per heavy atom. The lowest BCUT2D eigenvalue weighted by atomic mass is 9.84. The highest BCUT2D eigenvalue weighted by atomic mass is 79.9. The molecule has 0 N–H and O–H groups in total. The molecule has 3 rings (SSSR count). The number of ether oxygens (including phenoxy) is 1. The predicted octanol–water partition coefficient (Wildman–Crippen LogP) is 4.17. The molecule has 2 aromatic rings. The number of rotatable bonds is 5. The van der Waals surface area contributed by atoms with E-state index in [0.717, 1.165) is 5.56 Å². The Kier molecular flexibility index (Phi) is 5.87. The Morgan fingerprint density at radius 1 is 1.08 bits per heavy atom. The van der Waals surface area contributed by atoms with Crippen molar-refractivity contribution in [3.8, 4) is 0 Å². The first-order chi connectivity index (χ1) is 12.4. The van der Waals surface area contributed by atoms with Crippen molar-refractivity contribution < 1.29 is 13.2 Å². The van der Waals surface area contributed by atoms with Crippen molar-refractivity contribution in [2.24, 2.45) is 0 Å².